The highest BCUT2D eigenvalue weighted by Gasteiger charge is 2.44. The number of halogens is 1. The second kappa shape index (κ2) is 7.11. The van der Waals surface area contributed by atoms with E-state index in [-0.39, 0.29) is 42.1 Å². The maximum Gasteiger partial charge on any atom is 0.227 e. The summed E-state index contributed by atoms with van der Waals surface area (Å²) in [7, 11) is 0. The lowest BCUT2D eigenvalue weighted by molar-refractivity contribution is -0.128. The normalized spacial score (nSPS) is 22.7. The van der Waals surface area contributed by atoms with E-state index in [4.69, 9.17) is 5.73 Å². The number of aryl methyl sites for hydroxylation is 1. The molecule has 0 spiro atoms. The third-order valence-electron chi connectivity index (χ3n) is 5.15. The van der Waals surface area contributed by atoms with E-state index < -0.39 is 0 Å². The number of carbonyl (C=O) groups is 2. The Balaban J connectivity index is 0.00000208. The number of hydrogen-bond donors (Lipinski definition) is 2. The summed E-state index contributed by atoms with van der Waals surface area (Å²) in [6.07, 6.45) is 2.51. The zero-order valence-corrected chi connectivity index (χ0v) is 15.1. The summed E-state index contributed by atoms with van der Waals surface area (Å²) in [5, 5.41) is 3.11. The van der Waals surface area contributed by atoms with E-state index in [0.717, 1.165) is 24.1 Å². The van der Waals surface area contributed by atoms with E-state index in [1.807, 2.05) is 38.1 Å². The highest BCUT2D eigenvalue weighted by Crippen LogP contribution is 2.39. The molecule has 1 saturated heterocycles. The Hall–Kier alpha value is -1.59. The van der Waals surface area contributed by atoms with Crippen molar-refractivity contribution in [2.75, 3.05) is 18.0 Å². The Morgan fingerprint density at radius 3 is 2.50 bits per heavy atom. The molecule has 3 rings (SSSR count). The molecule has 1 aliphatic carbocycles. The zero-order chi connectivity index (χ0) is 16.6. The number of anilines is 1. The number of nitrogens with one attached hydrogen (secondary N) is 1. The van der Waals surface area contributed by atoms with Gasteiger partial charge in [-0.05, 0) is 44.7 Å². The SMILES string of the molecule is Cc1ccc(N2CC(C(=O)NC(C)(CN)C3CC3)CC2=O)cc1.Cl. The third-order valence-corrected chi connectivity index (χ3v) is 5.15. The standard InChI is InChI=1S/C18H25N3O2.ClH/c1-12-3-7-15(8-4-12)21-10-13(9-16(21)22)17(23)20-18(2,11-19)14-5-6-14;/h3-4,7-8,13-14H,5-6,9-11,19H2,1-2H3,(H,20,23);1H. The molecular weight excluding hydrogens is 326 g/mol. The number of carbonyl (C=O) groups excluding carboxylic acids is 2. The maximum absolute atomic E-state index is 12.6. The molecule has 3 N–H and O–H groups in total. The Labute approximate surface area is 149 Å². The zero-order valence-electron chi connectivity index (χ0n) is 14.2. The second-order valence-corrected chi connectivity index (χ2v) is 7.13. The summed E-state index contributed by atoms with van der Waals surface area (Å²) in [4.78, 5) is 26.6. The Morgan fingerprint density at radius 2 is 1.96 bits per heavy atom. The minimum atomic E-state index is -0.336. The maximum atomic E-state index is 12.6. The molecule has 1 saturated carbocycles. The molecule has 0 aromatic heterocycles. The van der Waals surface area contributed by atoms with Crippen molar-refractivity contribution in [2.24, 2.45) is 17.6 Å². The third kappa shape index (κ3) is 3.73. The van der Waals surface area contributed by atoms with Gasteiger partial charge in [0, 0.05) is 25.2 Å². The van der Waals surface area contributed by atoms with Crippen LogP contribution >= 0.6 is 12.4 Å². The van der Waals surface area contributed by atoms with Crippen molar-refractivity contribution >= 4 is 29.9 Å². The molecule has 2 fully saturated rings. The van der Waals surface area contributed by atoms with Gasteiger partial charge in [-0.15, -0.1) is 12.4 Å². The minimum absolute atomic E-state index is 0. The monoisotopic (exact) mass is 351 g/mol. The van der Waals surface area contributed by atoms with Gasteiger partial charge in [0.1, 0.15) is 0 Å². The summed E-state index contributed by atoms with van der Waals surface area (Å²) >= 11 is 0. The van der Waals surface area contributed by atoms with Crippen LogP contribution in [-0.4, -0.2) is 30.4 Å². The van der Waals surface area contributed by atoms with Gasteiger partial charge in [0.25, 0.3) is 0 Å². The highest BCUT2D eigenvalue weighted by molar-refractivity contribution is 6.00. The van der Waals surface area contributed by atoms with E-state index in [2.05, 4.69) is 5.32 Å². The van der Waals surface area contributed by atoms with E-state index in [0.29, 0.717) is 19.0 Å². The molecule has 24 heavy (non-hydrogen) atoms. The van der Waals surface area contributed by atoms with Crippen LogP contribution in [0.1, 0.15) is 31.7 Å². The molecule has 1 aliphatic heterocycles. The fraction of sp³-hybridized carbons (Fsp3) is 0.556. The van der Waals surface area contributed by atoms with Crippen molar-refractivity contribution in [3.63, 3.8) is 0 Å². The lowest BCUT2D eigenvalue weighted by Gasteiger charge is -2.30. The first kappa shape index (κ1) is 18.7. The molecule has 6 heteroatoms. The van der Waals surface area contributed by atoms with Gasteiger partial charge in [0.15, 0.2) is 0 Å². The van der Waals surface area contributed by atoms with Gasteiger partial charge in [0.2, 0.25) is 11.8 Å². The predicted octanol–water partition coefficient (Wildman–Crippen LogP) is 2.01. The van der Waals surface area contributed by atoms with Crippen molar-refractivity contribution in [1.82, 2.24) is 5.32 Å². The van der Waals surface area contributed by atoms with Crippen LogP contribution in [0.3, 0.4) is 0 Å². The van der Waals surface area contributed by atoms with Gasteiger partial charge in [-0.1, -0.05) is 17.7 Å². The van der Waals surface area contributed by atoms with Crippen molar-refractivity contribution in [3.8, 4) is 0 Å². The van der Waals surface area contributed by atoms with E-state index in [1.54, 1.807) is 4.90 Å². The highest BCUT2D eigenvalue weighted by atomic mass is 35.5. The first-order chi connectivity index (χ1) is 10.9. The number of nitrogens with two attached hydrogens (primary N) is 1. The van der Waals surface area contributed by atoms with E-state index in [1.165, 1.54) is 0 Å². The molecule has 2 aliphatic rings. The lowest BCUT2D eigenvalue weighted by Crippen LogP contribution is -2.54. The molecule has 0 bridgehead atoms. The number of rotatable bonds is 5. The number of nitrogens with zero attached hydrogens (tertiary/aromatic N) is 1. The van der Waals surface area contributed by atoms with Crippen LogP contribution in [0.15, 0.2) is 24.3 Å². The van der Waals surface area contributed by atoms with Gasteiger partial charge in [-0.2, -0.15) is 0 Å². The van der Waals surface area contributed by atoms with Crippen LogP contribution < -0.4 is 16.0 Å². The summed E-state index contributed by atoms with van der Waals surface area (Å²) < 4.78 is 0. The average Bonchev–Trinajstić information content (AvgIpc) is 3.32. The summed E-state index contributed by atoms with van der Waals surface area (Å²) in [6, 6.07) is 7.83. The molecule has 2 amide bonds. The summed E-state index contributed by atoms with van der Waals surface area (Å²) in [5.41, 5.74) is 7.54. The minimum Gasteiger partial charge on any atom is -0.349 e. The van der Waals surface area contributed by atoms with Crippen molar-refractivity contribution < 1.29 is 9.59 Å². The van der Waals surface area contributed by atoms with Crippen LogP contribution in [-0.2, 0) is 9.59 Å². The predicted molar refractivity (Wildman–Crippen MR) is 97.2 cm³/mol. The molecule has 1 aromatic rings. The smallest absolute Gasteiger partial charge is 0.227 e. The Bertz CT molecular complexity index is 615. The van der Waals surface area contributed by atoms with Gasteiger partial charge < -0.3 is 16.0 Å². The van der Waals surface area contributed by atoms with Crippen molar-refractivity contribution in [3.05, 3.63) is 29.8 Å². The van der Waals surface area contributed by atoms with Crippen LogP contribution in [0.2, 0.25) is 0 Å². The molecule has 2 unspecified atom stereocenters. The number of benzene rings is 1. The molecule has 1 heterocycles. The van der Waals surface area contributed by atoms with E-state index in [9.17, 15) is 9.59 Å². The first-order valence-corrected chi connectivity index (χ1v) is 8.32. The van der Waals surface area contributed by atoms with Gasteiger partial charge in [0.05, 0.1) is 11.5 Å². The fourth-order valence-corrected chi connectivity index (χ4v) is 3.28. The molecule has 0 radical (unpaired) electrons. The molecule has 132 valence electrons. The molecule has 1 aromatic carbocycles. The topological polar surface area (TPSA) is 75.4 Å². The van der Waals surface area contributed by atoms with Gasteiger partial charge in [-0.3, -0.25) is 9.59 Å². The quantitative estimate of drug-likeness (QED) is 0.852. The van der Waals surface area contributed by atoms with Crippen molar-refractivity contribution in [1.29, 1.82) is 0 Å². The lowest BCUT2D eigenvalue weighted by atomic mass is 9.94. The molecule has 2 atom stereocenters. The van der Waals surface area contributed by atoms with Gasteiger partial charge in [-0.25, -0.2) is 0 Å². The first-order valence-electron chi connectivity index (χ1n) is 8.32. The summed E-state index contributed by atoms with van der Waals surface area (Å²) in [6.45, 7) is 4.90. The average molecular weight is 352 g/mol. The largest absolute Gasteiger partial charge is 0.349 e. The van der Waals surface area contributed by atoms with E-state index >= 15 is 0 Å². The van der Waals surface area contributed by atoms with Crippen LogP contribution in [0.4, 0.5) is 5.69 Å². The Morgan fingerprint density at radius 1 is 1.33 bits per heavy atom. The van der Waals surface area contributed by atoms with Crippen molar-refractivity contribution in [2.45, 2.75) is 38.6 Å². The number of hydrogen-bond acceptors (Lipinski definition) is 3. The van der Waals surface area contributed by atoms with Crippen LogP contribution in [0.5, 0.6) is 0 Å². The Kier molecular flexibility index (Phi) is 5.56. The van der Waals surface area contributed by atoms with Gasteiger partial charge >= 0.3 is 0 Å². The van der Waals surface area contributed by atoms with Crippen LogP contribution in [0.25, 0.3) is 0 Å². The molecule has 5 nitrogen and oxygen atoms in total. The summed E-state index contributed by atoms with van der Waals surface area (Å²) in [5.74, 6) is 0.137. The van der Waals surface area contributed by atoms with Crippen LogP contribution in [0, 0.1) is 18.8 Å². The fourth-order valence-electron chi connectivity index (χ4n) is 3.28. The second-order valence-electron chi connectivity index (χ2n) is 7.13. The molecular formula is C18H26ClN3O2. The number of amides is 2.